The summed E-state index contributed by atoms with van der Waals surface area (Å²) in [5.74, 6) is 0.357. The maximum atomic E-state index is 12.9. The molecule has 1 unspecified atom stereocenters. The van der Waals surface area contributed by atoms with Crippen LogP contribution in [-0.4, -0.2) is 29.3 Å². The van der Waals surface area contributed by atoms with Crippen LogP contribution in [0.15, 0.2) is 54.7 Å². The molecule has 2 aliphatic heterocycles. The van der Waals surface area contributed by atoms with Gasteiger partial charge in [0.1, 0.15) is 5.82 Å². The van der Waals surface area contributed by atoms with Crippen LogP contribution < -0.4 is 21.3 Å². The van der Waals surface area contributed by atoms with E-state index in [0.717, 1.165) is 33.6 Å². The Morgan fingerprint density at radius 1 is 1.00 bits per heavy atom. The molecule has 3 aliphatic rings. The predicted octanol–water partition coefficient (Wildman–Crippen LogP) is 3.35. The van der Waals surface area contributed by atoms with Crippen LogP contribution in [0.2, 0.25) is 0 Å². The SMILES string of the molecule is CC1(C)C(=O)Nc2cccc(NCC(=O)Nc3ccc4c(c3)CC3(C4)C(=O)Nc4ncccc43)c21. The summed E-state index contributed by atoms with van der Waals surface area (Å²) in [4.78, 5) is 42.3. The van der Waals surface area contributed by atoms with Crippen LogP contribution >= 0.6 is 0 Å². The Balaban J connectivity index is 1.16. The maximum absolute atomic E-state index is 12.9. The second kappa shape index (κ2) is 7.40. The van der Waals surface area contributed by atoms with E-state index in [9.17, 15) is 14.4 Å². The van der Waals surface area contributed by atoms with Crippen LogP contribution in [-0.2, 0) is 38.1 Å². The third kappa shape index (κ3) is 3.20. The fourth-order valence-corrected chi connectivity index (χ4v) is 5.59. The standard InChI is InChI=1S/C27H25N5O3/c1-26(2)22-19(6-3-7-20(22)31-24(26)34)29-14-21(33)30-17-9-8-15-12-27(13-16(15)11-17)18-5-4-10-28-23(18)32-25(27)35/h3-11,29H,12-14H2,1-2H3,(H,30,33)(H,31,34)(H,28,32,35). The van der Waals surface area contributed by atoms with E-state index in [-0.39, 0.29) is 24.3 Å². The summed E-state index contributed by atoms with van der Waals surface area (Å²) in [7, 11) is 0. The molecule has 1 aromatic heterocycles. The monoisotopic (exact) mass is 467 g/mol. The Morgan fingerprint density at radius 2 is 1.83 bits per heavy atom. The van der Waals surface area contributed by atoms with Gasteiger partial charge in [0.25, 0.3) is 0 Å². The van der Waals surface area contributed by atoms with E-state index >= 15 is 0 Å². The molecule has 1 aliphatic carbocycles. The molecule has 3 aromatic rings. The molecule has 176 valence electrons. The number of nitrogens with one attached hydrogen (secondary N) is 4. The van der Waals surface area contributed by atoms with Crippen molar-refractivity contribution >= 4 is 40.6 Å². The summed E-state index contributed by atoms with van der Waals surface area (Å²) in [5, 5.41) is 12.0. The molecule has 0 radical (unpaired) electrons. The lowest BCUT2D eigenvalue weighted by Crippen LogP contribution is -2.35. The fraction of sp³-hybridized carbons (Fsp3) is 0.259. The summed E-state index contributed by atoms with van der Waals surface area (Å²) >= 11 is 0. The summed E-state index contributed by atoms with van der Waals surface area (Å²) < 4.78 is 0. The van der Waals surface area contributed by atoms with Gasteiger partial charge in [-0.1, -0.05) is 18.2 Å². The van der Waals surface area contributed by atoms with Gasteiger partial charge >= 0.3 is 0 Å². The fourth-order valence-electron chi connectivity index (χ4n) is 5.59. The third-order valence-corrected chi connectivity index (χ3v) is 7.41. The Labute approximate surface area is 202 Å². The number of fused-ring (bicyclic) bond motifs is 4. The van der Waals surface area contributed by atoms with Crippen molar-refractivity contribution < 1.29 is 14.4 Å². The Morgan fingerprint density at radius 3 is 2.69 bits per heavy atom. The molecular weight excluding hydrogens is 442 g/mol. The number of carbonyl (C=O) groups is 3. The number of benzene rings is 2. The lowest BCUT2D eigenvalue weighted by atomic mass is 9.79. The largest absolute Gasteiger partial charge is 0.376 e. The number of aromatic nitrogens is 1. The molecule has 2 aromatic carbocycles. The molecule has 8 heteroatoms. The van der Waals surface area contributed by atoms with Crippen LogP contribution in [0.5, 0.6) is 0 Å². The first-order valence-corrected chi connectivity index (χ1v) is 11.7. The number of hydrogen-bond acceptors (Lipinski definition) is 5. The first-order valence-electron chi connectivity index (χ1n) is 11.7. The molecule has 0 saturated carbocycles. The van der Waals surface area contributed by atoms with Crippen molar-refractivity contribution in [1.29, 1.82) is 0 Å². The summed E-state index contributed by atoms with van der Waals surface area (Å²) in [6.07, 6.45) is 2.87. The number of nitrogens with zero attached hydrogens (tertiary/aromatic N) is 1. The first-order chi connectivity index (χ1) is 16.8. The van der Waals surface area contributed by atoms with Gasteiger partial charge in [0.2, 0.25) is 17.7 Å². The third-order valence-electron chi connectivity index (χ3n) is 7.41. The van der Waals surface area contributed by atoms with Crippen molar-refractivity contribution in [3.05, 3.63) is 77.0 Å². The average molecular weight is 468 g/mol. The van der Waals surface area contributed by atoms with E-state index in [1.54, 1.807) is 6.20 Å². The van der Waals surface area contributed by atoms with Gasteiger partial charge in [-0.05, 0) is 68.1 Å². The highest BCUT2D eigenvalue weighted by atomic mass is 16.2. The van der Waals surface area contributed by atoms with Crippen molar-refractivity contribution in [1.82, 2.24) is 4.98 Å². The van der Waals surface area contributed by atoms with Crippen molar-refractivity contribution in [2.24, 2.45) is 0 Å². The van der Waals surface area contributed by atoms with Crippen LogP contribution in [0.25, 0.3) is 0 Å². The number of anilines is 4. The van der Waals surface area contributed by atoms with Gasteiger partial charge in [0, 0.05) is 34.4 Å². The highest BCUT2D eigenvalue weighted by molar-refractivity contribution is 6.08. The minimum Gasteiger partial charge on any atom is -0.376 e. The quantitative estimate of drug-likeness (QED) is 0.470. The summed E-state index contributed by atoms with van der Waals surface area (Å²) in [5.41, 5.74) is 4.86. The molecule has 35 heavy (non-hydrogen) atoms. The Bertz CT molecular complexity index is 1430. The second-order valence-electron chi connectivity index (χ2n) is 9.98. The topological polar surface area (TPSA) is 112 Å². The minimum atomic E-state index is -0.675. The zero-order valence-electron chi connectivity index (χ0n) is 19.5. The van der Waals surface area contributed by atoms with Crippen LogP contribution in [0.1, 0.15) is 36.1 Å². The predicted molar refractivity (Wildman–Crippen MR) is 134 cm³/mol. The molecule has 8 nitrogen and oxygen atoms in total. The second-order valence-corrected chi connectivity index (χ2v) is 9.98. The molecule has 0 bridgehead atoms. The van der Waals surface area contributed by atoms with Crippen LogP contribution in [0.3, 0.4) is 0 Å². The summed E-state index contributed by atoms with van der Waals surface area (Å²) in [6, 6.07) is 15.2. The molecular formula is C27H25N5O3. The van der Waals surface area contributed by atoms with E-state index in [4.69, 9.17) is 0 Å². The molecule has 4 N–H and O–H groups in total. The molecule has 0 saturated heterocycles. The number of amides is 3. The Kier molecular flexibility index (Phi) is 4.51. The zero-order chi connectivity index (χ0) is 24.4. The van der Waals surface area contributed by atoms with Gasteiger partial charge in [-0.3, -0.25) is 14.4 Å². The van der Waals surface area contributed by atoms with Gasteiger partial charge < -0.3 is 21.3 Å². The van der Waals surface area contributed by atoms with Crippen molar-refractivity contribution in [2.75, 3.05) is 27.8 Å². The molecule has 3 heterocycles. The van der Waals surface area contributed by atoms with Crippen molar-refractivity contribution in [3.8, 4) is 0 Å². The van der Waals surface area contributed by atoms with Crippen LogP contribution in [0, 0.1) is 0 Å². The van der Waals surface area contributed by atoms with E-state index in [1.165, 1.54) is 0 Å². The van der Waals surface area contributed by atoms with Crippen LogP contribution in [0.4, 0.5) is 22.9 Å². The van der Waals surface area contributed by atoms with Gasteiger partial charge in [-0.2, -0.15) is 0 Å². The highest BCUT2D eigenvalue weighted by Crippen LogP contribution is 2.47. The lowest BCUT2D eigenvalue weighted by molar-refractivity contribution is -0.121. The number of rotatable bonds is 4. The number of carbonyl (C=O) groups excluding carboxylic acids is 3. The molecule has 1 atom stereocenters. The smallest absolute Gasteiger partial charge is 0.243 e. The van der Waals surface area contributed by atoms with Gasteiger partial charge in [-0.25, -0.2) is 4.98 Å². The normalized spacial score (nSPS) is 20.6. The Hall–Kier alpha value is -4.20. The van der Waals surface area contributed by atoms with Crippen molar-refractivity contribution in [3.63, 3.8) is 0 Å². The maximum Gasteiger partial charge on any atom is 0.243 e. The molecule has 1 spiro atoms. The van der Waals surface area contributed by atoms with E-state index < -0.39 is 10.8 Å². The molecule has 6 rings (SSSR count). The van der Waals surface area contributed by atoms with Gasteiger partial charge in [-0.15, -0.1) is 0 Å². The summed E-state index contributed by atoms with van der Waals surface area (Å²) in [6.45, 7) is 3.80. The van der Waals surface area contributed by atoms with E-state index in [1.807, 2.05) is 62.4 Å². The van der Waals surface area contributed by atoms with Crippen molar-refractivity contribution in [2.45, 2.75) is 37.5 Å². The highest BCUT2D eigenvalue weighted by Gasteiger charge is 2.51. The van der Waals surface area contributed by atoms with E-state index in [0.29, 0.717) is 24.3 Å². The molecule has 3 amide bonds. The zero-order valence-corrected chi connectivity index (χ0v) is 19.5. The number of hydrogen-bond donors (Lipinski definition) is 4. The first kappa shape index (κ1) is 21.3. The van der Waals surface area contributed by atoms with Gasteiger partial charge in [0.05, 0.1) is 17.4 Å². The number of pyridine rings is 1. The van der Waals surface area contributed by atoms with E-state index in [2.05, 4.69) is 26.3 Å². The lowest BCUT2D eigenvalue weighted by Gasteiger charge is -2.20. The minimum absolute atomic E-state index is 0.0246. The average Bonchev–Trinajstić information content (AvgIpc) is 3.42. The van der Waals surface area contributed by atoms with Gasteiger partial charge in [0.15, 0.2) is 0 Å². The molecule has 0 fully saturated rings.